The minimum Gasteiger partial charge on any atom is -0.493 e. The molecule has 1 N–H and O–H groups in total. The molecule has 18 heavy (non-hydrogen) atoms. The summed E-state index contributed by atoms with van der Waals surface area (Å²) in [6, 6.07) is 5.06. The van der Waals surface area contributed by atoms with E-state index in [4.69, 9.17) is 4.74 Å². The van der Waals surface area contributed by atoms with Crippen LogP contribution in [0.2, 0.25) is 0 Å². The number of benzene rings is 1. The van der Waals surface area contributed by atoms with E-state index in [2.05, 4.69) is 11.6 Å². The van der Waals surface area contributed by atoms with E-state index in [1.54, 1.807) is 18.2 Å². The molecule has 0 unspecified atom stereocenters. The summed E-state index contributed by atoms with van der Waals surface area (Å²) < 4.78 is 32.1. The highest BCUT2D eigenvalue weighted by Crippen LogP contribution is 2.27. The number of hydrogen-bond donors (Lipinski definition) is 1. The summed E-state index contributed by atoms with van der Waals surface area (Å²) in [6.07, 6.45) is 3.79. The molecule has 0 fully saturated rings. The molecule has 2 rings (SSSR count). The lowest BCUT2D eigenvalue weighted by atomic mass is 10.2. The highest BCUT2D eigenvalue weighted by atomic mass is 32.2. The first-order chi connectivity index (χ1) is 8.63. The predicted molar refractivity (Wildman–Crippen MR) is 70.4 cm³/mol. The van der Waals surface area contributed by atoms with Gasteiger partial charge >= 0.3 is 0 Å². The van der Waals surface area contributed by atoms with E-state index in [-0.39, 0.29) is 0 Å². The van der Waals surface area contributed by atoms with Crippen LogP contribution in [-0.4, -0.2) is 21.6 Å². The summed E-state index contributed by atoms with van der Waals surface area (Å²) in [5.41, 5.74) is 0.978. The molecule has 0 aliphatic carbocycles. The Bertz CT molecular complexity index is 511. The number of rotatable bonds is 6. The highest BCUT2D eigenvalue weighted by molar-refractivity contribution is 7.89. The van der Waals surface area contributed by atoms with E-state index in [0.717, 1.165) is 37.0 Å². The van der Waals surface area contributed by atoms with E-state index in [9.17, 15) is 8.42 Å². The van der Waals surface area contributed by atoms with Crippen LogP contribution in [0.25, 0.3) is 0 Å². The Morgan fingerprint density at radius 3 is 2.94 bits per heavy atom. The molecule has 1 aromatic carbocycles. The standard InChI is InChI=1S/C13H19NO3S/c1-2-3-4-8-14-18(15,16)12-5-6-13-11(10-12)7-9-17-13/h5-6,10,14H,2-4,7-9H2,1H3. The van der Waals surface area contributed by atoms with Gasteiger partial charge in [0.15, 0.2) is 0 Å². The SMILES string of the molecule is CCCCCNS(=O)(=O)c1ccc2c(c1)CCO2. The molecule has 5 heteroatoms. The van der Waals surface area contributed by atoms with Crippen LogP contribution in [0.3, 0.4) is 0 Å². The molecule has 4 nitrogen and oxygen atoms in total. The van der Waals surface area contributed by atoms with E-state index >= 15 is 0 Å². The zero-order valence-electron chi connectivity index (χ0n) is 10.6. The second kappa shape index (κ2) is 5.71. The van der Waals surface area contributed by atoms with Gasteiger partial charge in [-0.2, -0.15) is 0 Å². The number of sulfonamides is 1. The van der Waals surface area contributed by atoms with Crippen molar-refractivity contribution < 1.29 is 13.2 Å². The largest absolute Gasteiger partial charge is 0.493 e. The Kier molecular flexibility index (Phi) is 4.24. The Morgan fingerprint density at radius 1 is 1.33 bits per heavy atom. The minimum atomic E-state index is -3.37. The summed E-state index contributed by atoms with van der Waals surface area (Å²) in [6.45, 7) is 3.24. The maximum atomic E-state index is 12.0. The third kappa shape index (κ3) is 3.03. The smallest absolute Gasteiger partial charge is 0.240 e. The van der Waals surface area contributed by atoms with Crippen LogP contribution in [-0.2, 0) is 16.4 Å². The van der Waals surface area contributed by atoms with Gasteiger partial charge in [-0.15, -0.1) is 0 Å². The molecule has 1 heterocycles. The first kappa shape index (κ1) is 13.4. The Balaban J connectivity index is 2.05. The Labute approximate surface area is 108 Å². The van der Waals surface area contributed by atoms with Crippen LogP contribution < -0.4 is 9.46 Å². The molecule has 0 saturated carbocycles. The lowest BCUT2D eigenvalue weighted by Gasteiger charge is -2.07. The molecule has 100 valence electrons. The maximum absolute atomic E-state index is 12.0. The van der Waals surface area contributed by atoms with Crippen molar-refractivity contribution in [2.75, 3.05) is 13.2 Å². The van der Waals surface area contributed by atoms with Crippen LogP contribution in [0.5, 0.6) is 5.75 Å². The van der Waals surface area contributed by atoms with Gasteiger partial charge in [-0.05, 0) is 30.2 Å². The van der Waals surface area contributed by atoms with Gasteiger partial charge in [-0.3, -0.25) is 0 Å². The zero-order chi connectivity index (χ0) is 13.0. The topological polar surface area (TPSA) is 55.4 Å². The molecule has 0 atom stereocenters. The lowest BCUT2D eigenvalue weighted by Crippen LogP contribution is -2.24. The number of fused-ring (bicyclic) bond motifs is 1. The quantitative estimate of drug-likeness (QED) is 0.805. The van der Waals surface area contributed by atoms with Gasteiger partial charge in [0, 0.05) is 13.0 Å². The van der Waals surface area contributed by atoms with Crippen molar-refractivity contribution in [3.63, 3.8) is 0 Å². The molecule has 1 aromatic rings. The average Bonchev–Trinajstić information content (AvgIpc) is 2.82. The van der Waals surface area contributed by atoms with Crippen molar-refractivity contribution in [1.82, 2.24) is 4.72 Å². The molecule has 0 saturated heterocycles. The van der Waals surface area contributed by atoms with Crippen molar-refractivity contribution in [2.45, 2.75) is 37.5 Å². The van der Waals surface area contributed by atoms with Gasteiger partial charge in [-0.1, -0.05) is 19.8 Å². The van der Waals surface area contributed by atoms with Crippen LogP contribution in [0.15, 0.2) is 23.1 Å². The fourth-order valence-corrected chi connectivity index (χ4v) is 3.12. The molecular formula is C13H19NO3S. The van der Waals surface area contributed by atoms with Gasteiger partial charge in [0.1, 0.15) is 5.75 Å². The summed E-state index contributed by atoms with van der Waals surface area (Å²) in [4.78, 5) is 0.336. The molecule has 0 bridgehead atoms. The first-order valence-corrected chi connectivity index (χ1v) is 7.87. The molecule has 0 amide bonds. The average molecular weight is 269 g/mol. The van der Waals surface area contributed by atoms with Gasteiger partial charge in [-0.25, -0.2) is 13.1 Å². The number of hydrogen-bond acceptors (Lipinski definition) is 3. The molecular weight excluding hydrogens is 250 g/mol. The van der Waals surface area contributed by atoms with Crippen LogP contribution in [0.4, 0.5) is 0 Å². The van der Waals surface area contributed by atoms with E-state index < -0.39 is 10.0 Å². The van der Waals surface area contributed by atoms with Crippen LogP contribution in [0.1, 0.15) is 31.7 Å². The fraction of sp³-hybridized carbons (Fsp3) is 0.538. The van der Waals surface area contributed by atoms with Crippen LogP contribution >= 0.6 is 0 Å². The van der Waals surface area contributed by atoms with E-state index in [1.807, 2.05) is 0 Å². The fourth-order valence-electron chi connectivity index (χ4n) is 1.99. The number of nitrogens with one attached hydrogen (secondary N) is 1. The summed E-state index contributed by atoms with van der Waals surface area (Å²) in [7, 11) is -3.37. The third-order valence-electron chi connectivity index (χ3n) is 3.04. The zero-order valence-corrected chi connectivity index (χ0v) is 11.4. The monoisotopic (exact) mass is 269 g/mol. The van der Waals surface area contributed by atoms with Crippen LogP contribution in [0, 0.1) is 0 Å². The van der Waals surface area contributed by atoms with Gasteiger partial charge in [0.2, 0.25) is 10.0 Å². The van der Waals surface area contributed by atoms with Gasteiger partial charge in [0.05, 0.1) is 11.5 Å². The molecule has 0 aromatic heterocycles. The van der Waals surface area contributed by atoms with Crippen molar-refractivity contribution in [1.29, 1.82) is 0 Å². The Morgan fingerprint density at radius 2 is 2.17 bits per heavy atom. The summed E-state index contributed by atoms with van der Waals surface area (Å²) in [5.74, 6) is 0.805. The normalized spacial score (nSPS) is 14.3. The number of unbranched alkanes of at least 4 members (excludes halogenated alkanes) is 2. The van der Waals surface area contributed by atoms with Gasteiger partial charge in [0.25, 0.3) is 0 Å². The second-order valence-electron chi connectivity index (χ2n) is 4.47. The van der Waals surface area contributed by atoms with E-state index in [1.165, 1.54) is 0 Å². The highest BCUT2D eigenvalue weighted by Gasteiger charge is 2.18. The van der Waals surface area contributed by atoms with E-state index in [0.29, 0.717) is 18.0 Å². The van der Waals surface area contributed by atoms with Crippen molar-refractivity contribution >= 4 is 10.0 Å². The molecule has 1 aliphatic heterocycles. The van der Waals surface area contributed by atoms with Gasteiger partial charge < -0.3 is 4.74 Å². The second-order valence-corrected chi connectivity index (χ2v) is 6.24. The predicted octanol–water partition coefficient (Wildman–Crippen LogP) is 2.09. The van der Waals surface area contributed by atoms with Crippen molar-refractivity contribution in [3.05, 3.63) is 23.8 Å². The van der Waals surface area contributed by atoms with Crippen molar-refractivity contribution in [3.8, 4) is 5.75 Å². The minimum absolute atomic E-state index is 0.336. The van der Waals surface area contributed by atoms with Crippen molar-refractivity contribution in [2.24, 2.45) is 0 Å². The summed E-state index contributed by atoms with van der Waals surface area (Å²) in [5, 5.41) is 0. The Hall–Kier alpha value is -1.07. The molecule has 1 aliphatic rings. The number of ether oxygens (including phenoxy) is 1. The maximum Gasteiger partial charge on any atom is 0.240 e. The summed E-state index contributed by atoms with van der Waals surface area (Å²) >= 11 is 0. The molecule has 0 radical (unpaired) electrons. The molecule has 0 spiro atoms. The third-order valence-corrected chi connectivity index (χ3v) is 4.50. The lowest BCUT2D eigenvalue weighted by molar-refractivity contribution is 0.356. The first-order valence-electron chi connectivity index (χ1n) is 6.39.